The smallest absolute Gasteiger partial charge is 0.282 e. The van der Waals surface area contributed by atoms with E-state index in [4.69, 9.17) is 4.74 Å². The molecular formula is C15H11N3O3. The van der Waals surface area contributed by atoms with Gasteiger partial charge in [-0.3, -0.25) is 15.1 Å². The Morgan fingerprint density at radius 1 is 1.10 bits per heavy atom. The zero-order chi connectivity index (χ0) is 14.8. The summed E-state index contributed by atoms with van der Waals surface area (Å²) in [6.45, 7) is 0. The van der Waals surface area contributed by atoms with Crippen molar-refractivity contribution in [3.63, 3.8) is 0 Å². The predicted octanol–water partition coefficient (Wildman–Crippen LogP) is 3.21. The topological polar surface area (TPSA) is 78.2 Å². The molecule has 0 bridgehead atoms. The Morgan fingerprint density at radius 2 is 1.86 bits per heavy atom. The summed E-state index contributed by atoms with van der Waals surface area (Å²) < 4.78 is 5.23. The van der Waals surface area contributed by atoms with E-state index >= 15 is 0 Å². The second kappa shape index (κ2) is 5.16. The maximum absolute atomic E-state index is 11.2. The van der Waals surface area contributed by atoms with E-state index in [2.05, 4.69) is 9.97 Å². The first-order valence-electron chi connectivity index (χ1n) is 6.24. The van der Waals surface area contributed by atoms with E-state index in [1.165, 1.54) is 19.4 Å². The van der Waals surface area contributed by atoms with Crippen LogP contribution in [0.25, 0.3) is 22.3 Å². The van der Waals surface area contributed by atoms with Crippen LogP contribution < -0.4 is 4.74 Å². The van der Waals surface area contributed by atoms with Crippen molar-refractivity contribution >= 4 is 16.7 Å². The number of nitro benzene ring substituents is 1. The summed E-state index contributed by atoms with van der Waals surface area (Å²) in [7, 11) is 1.47. The van der Waals surface area contributed by atoms with Crippen LogP contribution in [0.2, 0.25) is 0 Å². The van der Waals surface area contributed by atoms with Crippen LogP contribution in [0, 0.1) is 10.1 Å². The molecule has 0 unspecified atom stereocenters. The number of aromatic nitrogens is 2. The quantitative estimate of drug-likeness (QED) is 0.544. The SMILES string of the molecule is COc1cccc([N+](=O)[O-])c1-c1cnc2ccccc2n1. The Hall–Kier alpha value is -3.02. The van der Waals surface area contributed by atoms with E-state index in [0.717, 1.165) is 5.52 Å². The second-order valence-electron chi connectivity index (χ2n) is 4.36. The summed E-state index contributed by atoms with van der Waals surface area (Å²) in [5, 5.41) is 11.2. The largest absolute Gasteiger partial charge is 0.496 e. The van der Waals surface area contributed by atoms with Gasteiger partial charge in [0.1, 0.15) is 11.3 Å². The predicted molar refractivity (Wildman–Crippen MR) is 78.2 cm³/mol. The number of benzene rings is 2. The number of para-hydroxylation sites is 2. The van der Waals surface area contributed by atoms with Gasteiger partial charge in [-0.25, -0.2) is 4.98 Å². The molecule has 0 aliphatic heterocycles. The molecule has 2 aromatic carbocycles. The van der Waals surface area contributed by atoms with Gasteiger partial charge in [-0.2, -0.15) is 0 Å². The summed E-state index contributed by atoms with van der Waals surface area (Å²) in [6.07, 6.45) is 1.52. The lowest BCUT2D eigenvalue weighted by Crippen LogP contribution is -1.98. The summed E-state index contributed by atoms with van der Waals surface area (Å²) in [4.78, 5) is 19.5. The van der Waals surface area contributed by atoms with Gasteiger partial charge in [0.25, 0.3) is 5.69 Å². The van der Waals surface area contributed by atoms with Gasteiger partial charge in [0, 0.05) is 6.07 Å². The van der Waals surface area contributed by atoms with E-state index < -0.39 is 4.92 Å². The molecule has 6 heteroatoms. The molecule has 3 aromatic rings. The summed E-state index contributed by atoms with van der Waals surface area (Å²) in [6, 6.07) is 12.0. The highest BCUT2D eigenvalue weighted by atomic mass is 16.6. The third-order valence-corrected chi connectivity index (χ3v) is 3.13. The van der Waals surface area contributed by atoms with Crippen molar-refractivity contribution in [2.75, 3.05) is 7.11 Å². The molecule has 0 spiro atoms. The minimum atomic E-state index is -0.450. The number of nitro groups is 1. The van der Waals surface area contributed by atoms with Crippen molar-refractivity contribution in [1.82, 2.24) is 9.97 Å². The number of methoxy groups -OCH3 is 1. The first-order valence-corrected chi connectivity index (χ1v) is 6.24. The van der Waals surface area contributed by atoms with Crippen LogP contribution >= 0.6 is 0 Å². The molecule has 0 fully saturated rings. The van der Waals surface area contributed by atoms with Crippen LogP contribution in [0.15, 0.2) is 48.7 Å². The second-order valence-corrected chi connectivity index (χ2v) is 4.36. The maximum Gasteiger partial charge on any atom is 0.282 e. The van der Waals surface area contributed by atoms with Gasteiger partial charge < -0.3 is 4.74 Å². The van der Waals surface area contributed by atoms with Gasteiger partial charge >= 0.3 is 0 Å². The molecule has 0 radical (unpaired) electrons. The van der Waals surface area contributed by atoms with Gasteiger partial charge in [-0.15, -0.1) is 0 Å². The zero-order valence-corrected chi connectivity index (χ0v) is 11.2. The molecule has 0 amide bonds. The number of fused-ring (bicyclic) bond motifs is 1. The zero-order valence-electron chi connectivity index (χ0n) is 11.2. The first kappa shape index (κ1) is 13.0. The van der Waals surface area contributed by atoms with Crippen molar-refractivity contribution in [2.24, 2.45) is 0 Å². The molecule has 0 atom stereocenters. The van der Waals surface area contributed by atoms with Crippen LogP contribution in [0.1, 0.15) is 0 Å². The van der Waals surface area contributed by atoms with Crippen LogP contribution in [-0.2, 0) is 0 Å². The molecule has 21 heavy (non-hydrogen) atoms. The van der Waals surface area contributed by atoms with Gasteiger partial charge in [-0.05, 0) is 18.2 Å². The lowest BCUT2D eigenvalue weighted by molar-refractivity contribution is -0.384. The standard InChI is InChI=1S/C15H11N3O3/c1-21-14-8-4-7-13(18(19)20)15(14)12-9-16-10-5-2-3-6-11(10)17-12/h2-9H,1H3. The van der Waals surface area contributed by atoms with Crippen molar-refractivity contribution < 1.29 is 9.66 Å². The molecule has 0 aliphatic carbocycles. The van der Waals surface area contributed by atoms with Crippen molar-refractivity contribution in [3.05, 3.63) is 58.8 Å². The molecule has 3 rings (SSSR count). The number of hydrogen-bond donors (Lipinski definition) is 0. The Balaban J connectivity index is 2.28. The summed E-state index contributed by atoms with van der Waals surface area (Å²) in [5.41, 5.74) is 2.11. The van der Waals surface area contributed by atoms with E-state index in [1.54, 1.807) is 12.1 Å². The molecule has 0 saturated heterocycles. The van der Waals surface area contributed by atoms with E-state index in [1.807, 2.05) is 24.3 Å². The summed E-state index contributed by atoms with van der Waals surface area (Å²) >= 11 is 0. The third kappa shape index (κ3) is 2.27. The number of nitrogens with zero attached hydrogens (tertiary/aromatic N) is 3. The van der Waals surface area contributed by atoms with Crippen LogP contribution in [-0.4, -0.2) is 22.0 Å². The fraction of sp³-hybridized carbons (Fsp3) is 0.0667. The molecular weight excluding hydrogens is 270 g/mol. The number of rotatable bonds is 3. The minimum absolute atomic E-state index is 0.0565. The van der Waals surface area contributed by atoms with Crippen LogP contribution in [0.5, 0.6) is 5.75 Å². The summed E-state index contributed by atoms with van der Waals surface area (Å²) in [5.74, 6) is 0.397. The molecule has 1 aromatic heterocycles. The van der Waals surface area contributed by atoms with E-state index in [9.17, 15) is 10.1 Å². The van der Waals surface area contributed by atoms with E-state index in [-0.39, 0.29) is 5.69 Å². The van der Waals surface area contributed by atoms with Crippen molar-refractivity contribution in [3.8, 4) is 17.0 Å². The Kier molecular flexibility index (Phi) is 3.19. The lowest BCUT2D eigenvalue weighted by atomic mass is 10.1. The maximum atomic E-state index is 11.2. The molecule has 0 saturated carbocycles. The van der Waals surface area contributed by atoms with Gasteiger partial charge in [0.15, 0.2) is 0 Å². The van der Waals surface area contributed by atoms with E-state index in [0.29, 0.717) is 22.5 Å². The Morgan fingerprint density at radius 3 is 2.57 bits per heavy atom. The molecule has 6 nitrogen and oxygen atoms in total. The number of ether oxygens (including phenoxy) is 1. The number of hydrogen-bond acceptors (Lipinski definition) is 5. The van der Waals surface area contributed by atoms with Crippen molar-refractivity contribution in [1.29, 1.82) is 0 Å². The fourth-order valence-electron chi connectivity index (χ4n) is 2.18. The molecule has 104 valence electrons. The van der Waals surface area contributed by atoms with Gasteiger partial charge in [0.2, 0.25) is 0 Å². The van der Waals surface area contributed by atoms with Gasteiger partial charge in [-0.1, -0.05) is 18.2 Å². The monoisotopic (exact) mass is 281 g/mol. The minimum Gasteiger partial charge on any atom is -0.496 e. The fourth-order valence-corrected chi connectivity index (χ4v) is 2.18. The molecule has 0 aliphatic rings. The van der Waals surface area contributed by atoms with Crippen molar-refractivity contribution in [2.45, 2.75) is 0 Å². The first-order chi connectivity index (χ1) is 10.2. The average molecular weight is 281 g/mol. The van der Waals surface area contributed by atoms with Gasteiger partial charge in [0.05, 0.1) is 35.0 Å². The Labute approximate surface area is 120 Å². The molecule has 1 heterocycles. The van der Waals surface area contributed by atoms with Crippen LogP contribution in [0.3, 0.4) is 0 Å². The van der Waals surface area contributed by atoms with Crippen LogP contribution in [0.4, 0.5) is 5.69 Å². The highest BCUT2D eigenvalue weighted by molar-refractivity contribution is 5.82. The third-order valence-electron chi connectivity index (χ3n) is 3.13. The Bertz CT molecular complexity index is 833. The normalized spacial score (nSPS) is 10.5. The highest BCUT2D eigenvalue weighted by Crippen LogP contribution is 2.37. The average Bonchev–Trinajstić information content (AvgIpc) is 2.53. The highest BCUT2D eigenvalue weighted by Gasteiger charge is 2.21. The molecule has 0 N–H and O–H groups in total. The lowest BCUT2D eigenvalue weighted by Gasteiger charge is -2.08.